The maximum Gasteiger partial charge on any atom is 0.0595 e. The Hall–Kier alpha value is -0.730. The first-order chi connectivity index (χ1) is 10.0. The fourth-order valence-corrected chi connectivity index (χ4v) is 2.94. The average molecular weight is 343 g/mol. The molecule has 0 aromatic heterocycles. The molecule has 0 amide bonds. The highest BCUT2D eigenvalue weighted by Crippen LogP contribution is 2.34. The molecule has 21 heavy (non-hydrogen) atoms. The molecule has 0 spiro atoms. The van der Waals surface area contributed by atoms with Crippen LogP contribution >= 0.6 is 34.8 Å². The lowest BCUT2D eigenvalue weighted by Crippen LogP contribution is -2.24. The van der Waals surface area contributed by atoms with Crippen molar-refractivity contribution in [2.75, 3.05) is 6.54 Å². The van der Waals surface area contributed by atoms with Gasteiger partial charge in [0, 0.05) is 15.1 Å². The highest BCUT2D eigenvalue weighted by Gasteiger charge is 2.19. The van der Waals surface area contributed by atoms with Crippen molar-refractivity contribution in [3.8, 4) is 0 Å². The minimum atomic E-state index is -0.0187. The molecule has 0 heterocycles. The van der Waals surface area contributed by atoms with E-state index in [1.54, 1.807) is 6.07 Å². The van der Waals surface area contributed by atoms with Crippen molar-refractivity contribution in [3.63, 3.8) is 0 Å². The molecular weight excluding hydrogens is 325 g/mol. The smallest absolute Gasteiger partial charge is 0.0595 e. The van der Waals surface area contributed by atoms with Crippen LogP contribution in [-0.4, -0.2) is 6.54 Å². The Balaban J connectivity index is 2.52. The molecule has 4 heteroatoms. The van der Waals surface area contributed by atoms with Gasteiger partial charge in [-0.05, 0) is 60.8 Å². The number of rotatable bonds is 5. The van der Waals surface area contributed by atoms with Crippen LogP contribution in [0.1, 0.15) is 36.1 Å². The molecule has 2 aromatic rings. The van der Waals surface area contributed by atoms with Gasteiger partial charge in [-0.1, -0.05) is 53.9 Å². The minimum Gasteiger partial charge on any atom is -0.306 e. The van der Waals surface area contributed by atoms with Crippen molar-refractivity contribution in [2.24, 2.45) is 0 Å². The summed E-state index contributed by atoms with van der Waals surface area (Å²) in [5.41, 5.74) is 3.16. The van der Waals surface area contributed by atoms with Gasteiger partial charge in [-0.2, -0.15) is 0 Å². The first-order valence-corrected chi connectivity index (χ1v) is 8.11. The first kappa shape index (κ1) is 16.6. The summed E-state index contributed by atoms with van der Waals surface area (Å²) in [5.74, 6) is 0. The van der Waals surface area contributed by atoms with Crippen LogP contribution in [0.5, 0.6) is 0 Å². The van der Waals surface area contributed by atoms with Crippen LogP contribution in [0, 0.1) is 6.92 Å². The largest absolute Gasteiger partial charge is 0.306 e. The van der Waals surface area contributed by atoms with Gasteiger partial charge in [0.15, 0.2) is 0 Å². The third kappa shape index (κ3) is 3.92. The molecule has 0 saturated heterocycles. The molecule has 1 atom stereocenters. The molecule has 2 aromatic carbocycles. The van der Waals surface area contributed by atoms with Gasteiger partial charge in [-0.25, -0.2) is 0 Å². The number of hydrogen-bond donors (Lipinski definition) is 1. The lowest BCUT2D eigenvalue weighted by Gasteiger charge is -2.23. The maximum absolute atomic E-state index is 6.38. The predicted molar refractivity (Wildman–Crippen MR) is 92.8 cm³/mol. The minimum absolute atomic E-state index is 0.0187. The monoisotopic (exact) mass is 341 g/mol. The normalized spacial score (nSPS) is 12.4. The number of halogens is 3. The van der Waals surface area contributed by atoms with Crippen LogP contribution in [0.2, 0.25) is 15.1 Å². The van der Waals surface area contributed by atoms with Gasteiger partial charge < -0.3 is 5.32 Å². The van der Waals surface area contributed by atoms with Crippen LogP contribution < -0.4 is 5.32 Å². The SMILES string of the molecule is CCCNC(c1cc(Cl)ccc1Cl)c1cccc(Cl)c1C. The Morgan fingerprint density at radius 1 is 1.00 bits per heavy atom. The summed E-state index contributed by atoms with van der Waals surface area (Å²) in [4.78, 5) is 0. The van der Waals surface area contributed by atoms with Crippen LogP contribution in [0.15, 0.2) is 36.4 Å². The van der Waals surface area contributed by atoms with E-state index in [0.717, 1.165) is 34.7 Å². The van der Waals surface area contributed by atoms with Gasteiger partial charge in [0.05, 0.1) is 6.04 Å². The maximum atomic E-state index is 6.38. The third-order valence-corrected chi connectivity index (χ3v) is 4.48. The quantitative estimate of drug-likeness (QED) is 0.698. The molecule has 2 rings (SSSR count). The highest BCUT2D eigenvalue weighted by molar-refractivity contribution is 6.33. The molecule has 0 aliphatic carbocycles. The lowest BCUT2D eigenvalue weighted by molar-refractivity contribution is 0.596. The van der Waals surface area contributed by atoms with Crippen LogP contribution in [0.25, 0.3) is 0 Å². The van der Waals surface area contributed by atoms with Crippen molar-refractivity contribution < 1.29 is 0 Å². The Morgan fingerprint density at radius 2 is 1.76 bits per heavy atom. The van der Waals surface area contributed by atoms with Gasteiger partial charge in [0.2, 0.25) is 0 Å². The van der Waals surface area contributed by atoms with E-state index in [1.165, 1.54) is 0 Å². The molecule has 1 nitrogen and oxygen atoms in total. The van der Waals surface area contributed by atoms with E-state index in [4.69, 9.17) is 34.8 Å². The summed E-state index contributed by atoms with van der Waals surface area (Å²) in [6.45, 7) is 5.05. The van der Waals surface area contributed by atoms with E-state index in [9.17, 15) is 0 Å². The second-order valence-corrected chi connectivity index (χ2v) is 6.26. The Morgan fingerprint density at radius 3 is 2.48 bits per heavy atom. The Bertz CT molecular complexity index is 623. The van der Waals surface area contributed by atoms with E-state index < -0.39 is 0 Å². The second-order valence-electron chi connectivity index (χ2n) is 5.01. The van der Waals surface area contributed by atoms with Crippen molar-refractivity contribution in [3.05, 3.63) is 68.2 Å². The number of nitrogens with one attached hydrogen (secondary N) is 1. The van der Waals surface area contributed by atoms with E-state index in [0.29, 0.717) is 10.0 Å². The van der Waals surface area contributed by atoms with Crippen molar-refractivity contribution in [1.29, 1.82) is 0 Å². The van der Waals surface area contributed by atoms with Crippen LogP contribution in [0.4, 0.5) is 0 Å². The molecule has 0 saturated carbocycles. The number of hydrogen-bond acceptors (Lipinski definition) is 1. The number of benzene rings is 2. The molecule has 112 valence electrons. The average Bonchev–Trinajstić information content (AvgIpc) is 2.47. The molecular formula is C17H18Cl3N. The summed E-state index contributed by atoms with van der Waals surface area (Å²) in [6, 6.07) is 11.5. The van der Waals surface area contributed by atoms with Gasteiger partial charge >= 0.3 is 0 Å². The molecule has 1 N–H and O–H groups in total. The van der Waals surface area contributed by atoms with Crippen molar-refractivity contribution in [2.45, 2.75) is 26.3 Å². The zero-order valence-corrected chi connectivity index (χ0v) is 14.4. The zero-order chi connectivity index (χ0) is 15.4. The molecule has 0 aliphatic rings. The van der Waals surface area contributed by atoms with E-state index in [-0.39, 0.29) is 6.04 Å². The van der Waals surface area contributed by atoms with E-state index in [2.05, 4.69) is 18.3 Å². The van der Waals surface area contributed by atoms with Crippen molar-refractivity contribution >= 4 is 34.8 Å². The Kier molecular flexibility index (Phi) is 5.95. The fourth-order valence-electron chi connectivity index (χ4n) is 2.35. The highest BCUT2D eigenvalue weighted by atomic mass is 35.5. The summed E-state index contributed by atoms with van der Waals surface area (Å²) in [7, 11) is 0. The topological polar surface area (TPSA) is 12.0 Å². The zero-order valence-electron chi connectivity index (χ0n) is 12.1. The van der Waals surface area contributed by atoms with E-state index in [1.807, 2.05) is 31.2 Å². The molecule has 0 bridgehead atoms. The lowest BCUT2D eigenvalue weighted by atomic mass is 9.94. The molecule has 1 unspecified atom stereocenters. The van der Waals surface area contributed by atoms with Gasteiger partial charge in [0.1, 0.15) is 0 Å². The second kappa shape index (κ2) is 7.51. The fraction of sp³-hybridized carbons (Fsp3) is 0.294. The van der Waals surface area contributed by atoms with E-state index >= 15 is 0 Å². The Labute approximate surface area is 141 Å². The summed E-state index contributed by atoms with van der Waals surface area (Å²) >= 11 is 18.8. The predicted octanol–water partition coefficient (Wildman–Crippen LogP) is 6.04. The standard InChI is InChI=1S/C17H18Cl3N/c1-3-9-21-17(13-5-4-6-15(19)11(13)2)14-10-12(18)7-8-16(14)20/h4-8,10,17,21H,3,9H2,1-2H3. The third-order valence-electron chi connectivity index (χ3n) is 3.49. The van der Waals surface area contributed by atoms with Gasteiger partial charge in [0.25, 0.3) is 0 Å². The van der Waals surface area contributed by atoms with Crippen molar-refractivity contribution in [1.82, 2.24) is 5.32 Å². The van der Waals surface area contributed by atoms with Crippen LogP contribution in [-0.2, 0) is 0 Å². The molecule has 0 aliphatic heterocycles. The van der Waals surface area contributed by atoms with Crippen LogP contribution in [0.3, 0.4) is 0 Å². The first-order valence-electron chi connectivity index (χ1n) is 6.98. The summed E-state index contributed by atoms with van der Waals surface area (Å²) in [6.07, 6.45) is 1.04. The molecule has 0 radical (unpaired) electrons. The van der Waals surface area contributed by atoms with Gasteiger partial charge in [-0.3, -0.25) is 0 Å². The summed E-state index contributed by atoms with van der Waals surface area (Å²) < 4.78 is 0. The molecule has 0 fully saturated rings. The summed E-state index contributed by atoms with van der Waals surface area (Å²) in [5, 5.41) is 5.67. The van der Waals surface area contributed by atoms with Gasteiger partial charge in [-0.15, -0.1) is 0 Å².